The first-order chi connectivity index (χ1) is 12.0. The van der Waals surface area contributed by atoms with Crippen LogP contribution < -0.4 is 5.73 Å². The van der Waals surface area contributed by atoms with Crippen LogP contribution in [0.2, 0.25) is 10.0 Å². The first-order valence-electron chi connectivity index (χ1n) is 7.20. The van der Waals surface area contributed by atoms with E-state index in [1.165, 1.54) is 0 Å². The molecule has 0 saturated carbocycles. The summed E-state index contributed by atoms with van der Waals surface area (Å²) >= 11 is 12.1. The summed E-state index contributed by atoms with van der Waals surface area (Å²) in [7, 11) is 0. The van der Waals surface area contributed by atoms with Gasteiger partial charge in [-0.2, -0.15) is 10.5 Å². The molecule has 2 aromatic carbocycles. The molecule has 0 fully saturated rings. The van der Waals surface area contributed by atoms with E-state index in [0.717, 1.165) is 11.1 Å². The third kappa shape index (κ3) is 3.27. The van der Waals surface area contributed by atoms with Crippen LogP contribution in [0.3, 0.4) is 0 Å². The van der Waals surface area contributed by atoms with E-state index >= 15 is 0 Å². The number of aromatic nitrogens is 1. The van der Waals surface area contributed by atoms with Gasteiger partial charge >= 0.3 is 0 Å². The normalized spacial score (nSPS) is 10.1. The second-order valence-electron chi connectivity index (χ2n) is 5.25. The van der Waals surface area contributed by atoms with Crippen LogP contribution in [0.5, 0.6) is 0 Å². The standard InChI is InChI=1S/C19H10Cl2N4/c20-16-6-5-13(7-17(16)21)14-8-18(25-19(24)15(14)10-23)12-3-1-11(9-22)2-4-12/h1-8H,(H2,24,25). The Bertz CT molecular complexity index is 1040. The summed E-state index contributed by atoms with van der Waals surface area (Å²) < 4.78 is 0. The summed E-state index contributed by atoms with van der Waals surface area (Å²) in [6, 6.07) is 18.0. The van der Waals surface area contributed by atoms with Crippen LogP contribution in [0.1, 0.15) is 11.1 Å². The van der Waals surface area contributed by atoms with Gasteiger partial charge in [-0.15, -0.1) is 0 Å². The molecule has 0 aliphatic heterocycles. The minimum absolute atomic E-state index is 0.130. The summed E-state index contributed by atoms with van der Waals surface area (Å²) in [5.74, 6) is 0.130. The predicted octanol–water partition coefficient (Wildman–Crippen LogP) is 5.05. The van der Waals surface area contributed by atoms with E-state index in [1.54, 1.807) is 48.5 Å². The molecule has 0 radical (unpaired) electrons. The van der Waals surface area contributed by atoms with Gasteiger partial charge in [0, 0.05) is 11.1 Å². The number of nitrogens with zero attached hydrogens (tertiary/aromatic N) is 3. The molecule has 0 spiro atoms. The fourth-order valence-corrected chi connectivity index (χ4v) is 2.74. The number of nitrogens with two attached hydrogens (primary N) is 1. The van der Waals surface area contributed by atoms with Crippen LogP contribution in [0.25, 0.3) is 22.4 Å². The Morgan fingerprint density at radius 3 is 2.12 bits per heavy atom. The highest BCUT2D eigenvalue weighted by atomic mass is 35.5. The molecule has 3 rings (SSSR count). The Balaban J connectivity index is 2.20. The SMILES string of the molecule is N#Cc1ccc(-c2cc(-c3ccc(Cl)c(Cl)c3)c(C#N)c(N)n2)cc1. The van der Waals surface area contributed by atoms with E-state index in [0.29, 0.717) is 26.9 Å². The summed E-state index contributed by atoms with van der Waals surface area (Å²) in [6.07, 6.45) is 0. The van der Waals surface area contributed by atoms with Crippen LogP contribution >= 0.6 is 23.2 Å². The molecule has 0 saturated heterocycles. The molecule has 3 aromatic rings. The molecule has 0 bridgehead atoms. The molecule has 6 heteroatoms. The maximum absolute atomic E-state index is 9.45. The van der Waals surface area contributed by atoms with Gasteiger partial charge in [0.2, 0.25) is 0 Å². The Labute approximate surface area is 154 Å². The van der Waals surface area contributed by atoms with E-state index in [1.807, 2.05) is 0 Å². The van der Waals surface area contributed by atoms with Gasteiger partial charge < -0.3 is 5.73 Å². The number of hydrogen-bond acceptors (Lipinski definition) is 4. The number of nitrogen functional groups attached to an aromatic ring is 1. The maximum Gasteiger partial charge on any atom is 0.142 e. The number of rotatable bonds is 2. The van der Waals surface area contributed by atoms with E-state index in [9.17, 15) is 5.26 Å². The van der Waals surface area contributed by atoms with Crippen molar-refractivity contribution in [3.8, 4) is 34.5 Å². The lowest BCUT2D eigenvalue weighted by atomic mass is 9.98. The minimum atomic E-state index is 0.130. The second-order valence-corrected chi connectivity index (χ2v) is 6.06. The summed E-state index contributed by atoms with van der Waals surface area (Å²) in [6.45, 7) is 0. The largest absolute Gasteiger partial charge is 0.383 e. The Kier molecular flexibility index (Phi) is 4.59. The zero-order valence-corrected chi connectivity index (χ0v) is 14.3. The molecule has 0 aliphatic rings. The van der Waals surface area contributed by atoms with Crippen molar-refractivity contribution in [1.29, 1.82) is 10.5 Å². The number of hydrogen-bond donors (Lipinski definition) is 1. The van der Waals surface area contributed by atoms with Gasteiger partial charge in [0.25, 0.3) is 0 Å². The zero-order valence-electron chi connectivity index (χ0n) is 12.8. The van der Waals surface area contributed by atoms with E-state index in [-0.39, 0.29) is 11.4 Å². The molecule has 0 aliphatic carbocycles. The summed E-state index contributed by atoms with van der Waals surface area (Å²) in [4.78, 5) is 4.31. The molecule has 120 valence electrons. The van der Waals surface area contributed by atoms with Crippen molar-refractivity contribution in [2.24, 2.45) is 0 Å². The Hall–Kier alpha value is -3.05. The van der Waals surface area contributed by atoms with Crippen LogP contribution in [0.15, 0.2) is 48.5 Å². The molecule has 4 nitrogen and oxygen atoms in total. The van der Waals surface area contributed by atoms with Crippen LogP contribution in [-0.4, -0.2) is 4.98 Å². The molecule has 25 heavy (non-hydrogen) atoms. The van der Waals surface area contributed by atoms with Crippen LogP contribution in [-0.2, 0) is 0 Å². The molecule has 0 amide bonds. The number of anilines is 1. The van der Waals surface area contributed by atoms with Crippen molar-refractivity contribution in [2.75, 3.05) is 5.73 Å². The molecule has 0 atom stereocenters. The van der Waals surface area contributed by atoms with Crippen molar-refractivity contribution in [2.45, 2.75) is 0 Å². The smallest absolute Gasteiger partial charge is 0.142 e. The Morgan fingerprint density at radius 2 is 1.52 bits per heavy atom. The molecule has 1 aromatic heterocycles. The molecular weight excluding hydrogens is 355 g/mol. The van der Waals surface area contributed by atoms with Crippen molar-refractivity contribution in [1.82, 2.24) is 4.98 Å². The van der Waals surface area contributed by atoms with E-state index < -0.39 is 0 Å². The van der Waals surface area contributed by atoms with Crippen LogP contribution in [0.4, 0.5) is 5.82 Å². The highest BCUT2D eigenvalue weighted by molar-refractivity contribution is 6.42. The predicted molar refractivity (Wildman–Crippen MR) is 99.0 cm³/mol. The van der Waals surface area contributed by atoms with Gasteiger partial charge in [-0.3, -0.25) is 0 Å². The average molecular weight is 365 g/mol. The van der Waals surface area contributed by atoms with Crippen LogP contribution in [0, 0.1) is 22.7 Å². The average Bonchev–Trinajstić information content (AvgIpc) is 2.63. The highest BCUT2D eigenvalue weighted by Gasteiger charge is 2.14. The maximum atomic E-state index is 9.45. The second kappa shape index (κ2) is 6.83. The fraction of sp³-hybridized carbons (Fsp3) is 0. The van der Waals surface area contributed by atoms with Gasteiger partial charge in [0.05, 0.1) is 27.4 Å². The number of benzene rings is 2. The van der Waals surface area contributed by atoms with Crippen molar-refractivity contribution in [3.05, 3.63) is 69.7 Å². The third-order valence-electron chi connectivity index (χ3n) is 3.70. The minimum Gasteiger partial charge on any atom is -0.383 e. The zero-order chi connectivity index (χ0) is 18.0. The first-order valence-corrected chi connectivity index (χ1v) is 7.95. The number of pyridine rings is 1. The molecule has 0 unspecified atom stereocenters. The molecular formula is C19H10Cl2N4. The number of halogens is 2. The topological polar surface area (TPSA) is 86.5 Å². The van der Waals surface area contributed by atoms with Gasteiger partial charge in [0.15, 0.2) is 0 Å². The molecule has 1 heterocycles. The van der Waals surface area contributed by atoms with Crippen molar-refractivity contribution >= 4 is 29.0 Å². The van der Waals surface area contributed by atoms with Gasteiger partial charge in [-0.05, 0) is 35.9 Å². The lowest BCUT2D eigenvalue weighted by molar-refractivity contribution is 1.31. The lowest BCUT2D eigenvalue weighted by Crippen LogP contribution is -1.99. The van der Waals surface area contributed by atoms with E-state index in [2.05, 4.69) is 17.1 Å². The van der Waals surface area contributed by atoms with Gasteiger partial charge in [-0.25, -0.2) is 4.98 Å². The summed E-state index contributed by atoms with van der Waals surface area (Å²) in [5, 5.41) is 19.2. The third-order valence-corrected chi connectivity index (χ3v) is 4.44. The van der Waals surface area contributed by atoms with Gasteiger partial charge in [0.1, 0.15) is 17.5 Å². The first kappa shape index (κ1) is 16.8. The van der Waals surface area contributed by atoms with Crippen molar-refractivity contribution in [3.63, 3.8) is 0 Å². The monoisotopic (exact) mass is 364 g/mol. The summed E-state index contributed by atoms with van der Waals surface area (Å²) in [5.41, 5.74) is 9.53. The number of nitriles is 2. The quantitative estimate of drug-likeness (QED) is 0.689. The van der Waals surface area contributed by atoms with E-state index in [4.69, 9.17) is 34.2 Å². The fourth-order valence-electron chi connectivity index (χ4n) is 2.44. The molecule has 2 N–H and O–H groups in total. The van der Waals surface area contributed by atoms with Crippen molar-refractivity contribution < 1.29 is 0 Å². The lowest BCUT2D eigenvalue weighted by Gasteiger charge is -2.11. The highest BCUT2D eigenvalue weighted by Crippen LogP contribution is 2.34. The Morgan fingerprint density at radius 1 is 0.840 bits per heavy atom. The van der Waals surface area contributed by atoms with Gasteiger partial charge in [-0.1, -0.05) is 41.4 Å².